The van der Waals surface area contributed by atoms with Crippen LogP contribution in [0.25, 0.3) is 0 Å². The molecule has 0 heterocycles. The van der Waals surface area contributed by atoms with Gasteiger partial charge in [0, 0.05) is 17.3 Å². The van der Waals surface area contributed by atoms with E-state index in [1.165, 1.54) is 37.4 Å². The Labute approximate surface area is 165 Å². The van der Waals surface area contributed by atoms with Gasteiger partial charge in [0.05, 0.1) is 17.6 Å². The Morgan fingerprint density at radius 3 is 2.25 bits per heavy atom. The lowest BCUT2D eigenvalue weighted by atomic mass is 10.1. The van der Waals surface area contributed by atoms with E-state index < -0.39 is 21.9 Å². The largest absolute Gasteiger partial charge is 0.465 e. The molecule has 1 amide bonds. The number of nitrogens with one attached hydrogen (secondary N) is 2. The quantitative estimate of drug-likeness (QED) is 0.691. The first-order valence-electron chi connectivity index (χ1n) is 8.80. The van der Waals surface area contributed by atoms with Crippen molar-refractivity contribution in [3.63, 3.8) is 0 Å². The molecule has 1 atom stereocenters. The van der Waals surface area contributed by atoms with Gasteiger partial charge in [0.2, 0.25) is 10.0 Å². The summed E-state index contributed by atoms with van der Waals surface area (Å²) in [5, 5.41) is 2.73. The van der Waals surface area contributed by atoms with Crippen LogP contribution in [-0.2, 0) is 14.8 Å². The molecular formula is C20H24N2O5S. The first kappa shape index (κ1) is 21.6. The molecule has 0 aliphatic carbocycles. The molecule has 0 aliphatic heterocycles. The number of amides is 1. The van der Waals surface area contributed by atoms with Gasteiger partial charge in [0.15, 0.2) is 0 Å². The van der Waals surface area contributed by atoms with Crippen LogP contribution in [0, 0.1) is 6.92 Å². The molecule has 2 aromatic rings. The van der Waals surface area contributed by atoms with Crippen LogP contribution in [-0.4, -0.2) is 33.4 Å². The van der Waals surface area contributed by atoms with Gasteiger partial charge in [-0.3, -0.25) is 4.79 Å². The molecule has 2 rings (SSSR count). The van der Waals surface area contributed by atoms with Crippen molar-refractivity contribution in [1.29, 1.82) is 0 Å². The Balaban J connectivity index is 2.19. The Bertz CT molecular complexity index is 969. The summed E-state index contributed by atoms with van der Waals surface area (Å²) in [5.41, 5.74) is 1.87. The summed E-state index contributed by atoms with van der Waals surface area (Å²) in [6.45, 7) is 5.47. The van der Waals surface area contributed by atoms with Gasteiger partial charge in [0.1, 0.15) is 0 Å². The van der Waals surface area contributed by atoms with Crippen molar-refractivity contribution >= 4 is 27.6 Å². The van der Waals surface area contributed by atoms with Crippen LogP contribution in [0.1, 0.15) is 46.5 Å². The van der Waals surface area contributed by atoms with Crippen LogP contribution in [0.2, 0.25) is 0 Å². The van der Waals surface area contributed by atoms with Gasteiger partial charge in [-0.25, -0.2) is 17.9 Å². The number of benzene rings is 2. The summed E-state index contributed by atoms with van der Waals surface area (Å²) in [7, 11) is -2.35. The molecule has 0 unspecified atom stereocenters. The van der Waals surface area contributed by atoms with Gasteiger partial charge in [-0.15, -0.1) is 0 Å². The number of rotatable bonds is 7. The lowest BCUT2D eigenvalue weighted by Crippen LogP contribution is -2.32. The van der Waals surface area contributed by atoms with Crippen molar-refractivity contribution in [1.82, 2.24) is 4.72 Å². The number of anilines is 1. The average molecular weight is 404 g/mol. The summed E-state index contributed by atoms with van der Waals surface area (Å²) < 4.78 is 31.8. The minimum atomic E-state index is -3.63. The van der Waals surface area contributed by atoms with Gasteiger partial charge < -0.3 is 10.1 Å². The van der Waals surface area contributed by atoms with E-state index >= 15 is 0 Å². The zero-order chi connectivity index (χ0) is 20.9. The fraction of sp³-hybridized carbons (Fsp3) is 0.300. The van der Waals surface area contributed by atoms with Crippen molar-refractivity contribution in [2.45, 2.75) is 38.1 Å². The lowest BCUT2D eigenvalue weighted by Gasteiger charge is -2.13. The third-order valence-electron chi connectivity index (χ3n) is 4.30. The van der Waals surface area contributed by atoms with Crippen molar-refractivity contribution in [2.24, 2.45) is 0 Å². The maximum atomic E-state index is 12.5. The standard InChI is InChI=1S/C20H24N2O5S/c1-5-14(3)22-28(25,26)17-10-8-15(9-11-17)19(23)21-18-12-16(20(24)27-4)7-6-13(18)2/h6-12,14,22H,5H2,1-4H3,(H,21,23)/t14-/m1/s1. The zero-order valence-electron chi connectivity index (χ0n) is 16.3. The highest BCUT2D eigenvalue weighted by atomic mass is 32.2. The number of sulfonamides is 1. The lowest BCUT2D eigenvalue weighted by molar-refractivity contribution is 0.0600. The second kappa shape index (κ2) is 8.99. The molecule has 0 saturated carbocycles. The van der Waals surface area contributed by atoms with E-state index in [9.17, 15) is 18.0 Å². The maximum Gasteiger partial charge on any atom is 0.337 e. The number of carbonyl (C=O) groups excluding carboxylic acids is 2. The third-order valence-corrected chi connectivity index (χ3v) is 5.91. The number of methoxy groups -OCH3 is 1. The molecule has 8 heteroatoms. The van der Waals surface area contributed by atoms with Gasteiger partial charge in [-0.05, 0) is 62.2 Å². The molecule has 0 fully saturated rings. The molecule has 2 aromatic carbocycles. The first-order valence-corrected chi connectivity index (χ1v) is 10.3. The SMILES string of the molecule is CC[C@@H](C)NS(=O)(=O)c1ccc(C(=O)Nc2cc(C(=O)OC)ccc2C)cc1. The predicted octanol–water partition coefficient (Wildman–Crippen LogP) is 3.11. The van der Waals surface area contributed by atoms with E-state index in [-0.39, 0.29) is 10.9 Å². The predicted molar refractivity (Wildman–Crippen MR) is 107 cm³/mol. The average Bonchev–Trinajstić information content (AvgIpc) is 2.68. The topological polar surface area (TPSA) is 102 Å². The van der Waals surface area contributed by atoms with Gasteiger partial charge in [-0.2, -0.15) is 0 Å². The van der Waals surface area contributed by atoms with E-state index in [0.717, 1.165) is 5.56 Å². The second-order valence-electron chi connectivity index (χ2n) is 6.43. The van der Waals surface area contributed by atoms with Crippen LogP contribution in [0.4, 0.5) is 5.69 Å². The van der Waals surface area contributed by atoms with Crippen LogP contribution >= 0.6 is 0 Å². The number of ether oxygens (including phenoxy) is 1. The normalized spacial score (nSPS) is 12.3. The third kappa shape index (κ3) is 5.17. The Morgan fingerprint density at radius 2 is 1.68 bits per heavy atom. The smallest absolute Gasteiger partial charge is 0.337 e. The summed E-state index contributed by atoms with van der Waals surface area (Å²) >= 11 is 0. The van der Waals surface area contributed by atoms with Crippen LogP contribution < -0.4 is 10.0 Å². The Morgan fingerprint density at radius 1 is 1.07 bits per heavy atom. The summed E-state index contributed by atoms with van der Waals surface area (Å²) in [6, 6.07) is 10.3. The Hall–Kier alpha value is -2.71. The van der Waals surface area contributed by atoms with Crippen LogP contribution in [0.5, 0.6) is 0 Å². The van der Waals surface area contributed by atoms with E-state index in [0.29, 0.717) is 23.2 Å². The molecule has 0 aliphatic rings. The Kier molecular flexibility index (Phi) is 6.93. The number of hydrogen-bond donors (Lipinski definition) is 2. The highest BCUT2D eigenvalue weighted by Gasteiger charge is 2.17. The van der Waals surface area contributed by atoms with Gasteiger partial charge in [-0.1, -0.05) is 13.0 Å². The molecular weight excluding hydrogens is 380 g/mol. The van der Waals surface area contributed by atoms with Crippen molar-refractivity contribution in [3.8, 4) is 0 Å². The number of esters is 1. The van der Waals surface area contributed by atoms with Crippen molar-refractivity contribution in [3.05, 3.63) is 59.2 Å². The number of hydrogen-bond acceptors (Lipinski definition) is 5. The fourth-order valence-corrected chi connectivity index (χ4v) is 3.72. The van der Waals surface area contributed by atoms with Crippen LogP contribution in [0.3, 0.4) is 0 Å². The van der Waals surface area contributed by atoms with E-state index in [1.807, 2.05) is 6.92 Å². The minimum Gasteiger partial charge on any atom is -0.465 e. The van der Waals surface area contributed by atoms with E-state index in [1.54, 1.807) is 26.0 Å². The summed E-state index contributed by atoms with van der Waals surface area (Å²) in [6.07, 6.45) is 0.670. The highest BCUT2D eigenvalue weighted by Crippen LogP contribution is 2.19. The van der Waals surface area contributed by atoms with Crippen molar-refractivity contribution < 1.29 is 22.7 Å². The molecule has 0 bridgehead atoms. The van der Waals surface area contributed by atoms with Crippen molar-refractivity contribution in [2.75, 3.05) is 12.4 Å². The molecule has 2 N–H and O–H groups in total. The second-order valence-corrected chi connectivity index (χ2v) is 8.14. The number of aryl methyl sites for hydroxylation is 1. The summed E-state index contributed by atoms with van der Waals surface area (Å²) in [5.74, 6) is -0.914. The van der Waals surface area contributed by atoms with E-state index in [2.05, 4.69) is 14.8 Å². The minimum absolute atomic E-state index is 0.0909. The maximum absolute atomic E-state index is 12.5. The van der Waals surface area contributed by atoms with E-state index in [4.69, 9.17) is 0 Å². The molecule has 0 spiro atoms. The monoisotopic (exact) mass is 404 g/mol. The molecule has 0 aromatic heterocycles. The number of carbonyl (C=O) groups is 2. The molecule has 0 saturated heterocycles. The molecule has 7 nitrogen and oxygen atoms in total. The molecule has 0 radical (unpaired) electrons. The van der Waals surface area contributed by atoms with Gasteiger partial charge in [0.25, 0.3) is 5.91 Å². The molecule has 28 heavy (non-hydrogen) atoms. The zero-order valence-corrected chi connectivity index (χ0v) is 17.1. The first-order chi connectivity index (χ1) is 13.2. The molecule has 150 valence electrons. The fourth-order valence-electron chi connectivity index (χ4n) is 2.40. The van der Waals surface area contributed by atoms with Gasteiger partial charge >= 0.3 is 5.97 Å². The van der Waals surface area contributed by atoms with Crippen LogP contribution in [0.15, 0.2) is 47.4 Å². The summed E-state index contributed by atoms with van der Waals surface area (Å²) in [4.78, 5) is 24.3. The highest BCUT2D eigenvalue weighted by molar-refractivity contribution is 7.89.